The first-order valence-electron chi connectivity index (χ1n) is 8.78. The molecule has 148 valence electrons. The van der Waals surface area contributed by atoms with Crippen molar-refractivity contribution in [1.29, 1.82) is 0 Å². The molecule has 4 rings (SSSR count). The van der Waals surface area contributed by atoms with E-state index in [1.165, 1.54) is 0 Å². The molecule has 2 fully saturated rings. The molecule has 1 aliphatic heterocycles. The van der Waals surface area contributed by atoms with Crippen molar-refractivity contribution < 1.29 is 27.9 Å². The number of fused-ring (bicyclic) bond motifs is 2. The van der Waals surface area contributed by atoms with Gasteiger partial charge in [-0.05, 0) is 42.8 Å². The van der Waals surface area contributed by atoms with Crippen LogP contribution in [0.5, 0.6) is 0 Å². The van der Waals surface area contributed by atoms with Crippen molar-refractivity contribution in [2.24, 2.45) is 11.3 Å². The summed E-state index contributed by atoms with van der Waals surface area (Å²) in [5, 5.41) is 14.2. The number of aromatic nitrogens is 1. The summed E-state index contributed by atoms with van der Waals surface area (Å²) in [6.07, 6.45) is -1.24. The van der Waals surface area contributed by atoms with Crippen LogP contribution in [-0.2, 0) is 9.59 Å². The number of amides is 2. The molecule has 1 aliphatic carbocycles. The molecule has 1 aromatic carbocycles. The molecule has 0 spiro atoms. The maximum Gasteiger partial charge on any atom is 0.426 e. The third-order valence-electron chi connectivity index (χ3n) is 5.75. The van der Waals surface area contributed by atoms with E-state index in [0.717, 1.165) is 15.7 Å². The average Bonchev–Trinajstić information content (AvgIpc) is 3.21. The van der Waals surface area contributed by atoms with Gasteiger partial charge in [0.25, 0.3) is 5.91 Å². The minimum atomic E-state index is -5.08. The van der Waals surface area contributed by atoms with Crippen LogP contribution in [0.1, 0.15) is 13.3 Å². The summed E-state index contributed by atoms with van der Waals surface area (Å²) in [6, 6.07) is 7.13. The third kappa shape index (κ3) is 2.81. The maximum atomic E-state index is 12.9. The van der Waals surface area contributed by atoms with Gasteiger partial charge in [0.1, 0.15) is 0 Å². The number of pyridine rings is 1. The van der Waals surface area contributed by atoms with Gasteiger partial charge in [-0.15, -0.1) is 0 Å². The van der Waals surface area contributed by atoms with Gasteiger partial charge >= 0.3 is 6.18 Å². The highest BCUT2D eigenvalue weighted by atomic mass is 19.4. The number of rotatable bonds is 3. The lowest BCUT2D eigenvalue weighted by Gasteiger charge is -2.31. The smallest absolute Gasteiger partial charge is 0.373 e. The van der Waals surface area contributed by atoms with E-state index in [1.807, 2.05) is 6.07 Å². The van der Waals surface area contributed by atoms with Crippen molar-refractivity contribution in [2.45, 2.75) is 25.1 Å². The third-order valence-corrected chi connectivity index (χ3v) is 5.75. The minimum absolute atomic E-state index is 0.0296. The van der Waals surface area contributed by atoms with Crippen LogP contribution in [0, 0.1) is 11.3 Å². The fraction of sp³-hybridized carbons (Fsp3) is 0.421. The Balaban J connectivity index is 1.48. The van der Waals surface area contributed by atoms with E-state index in [0.29, 0.717) is 19.0 Å². The molecule has 28 heavy (non-hydrogen) atoms. The zero-order valence-electron chi connectivity index (χ0n) is 15.0. The van der Waals surface area contributed by atoms with E-state index in [2.05, 4.69) is 10.3 Å². The number of nitrogens with one attached hydrogen (secondary N) is 1. The summed E-state index contributed by atoms with van der Waals surface area (Å²) < 4.78 is 38.8. The second-order valence-electron chi connectivity index (χ2n) is 7.70. The average molecular weight is 393 g/mol. The Hall–Kier alpha value is -2.68. The number of benzene rings is 1. The van der Waals surface area contributed by atoms with Gasteiger partial charge in [-0.25, -0.2) is 0 Å². The lowest BCUT2D eigenvalue weighted by atomic mass is 10.0. The molecule has 1 aromatic heterocycles. The van der Waals surface area contributed by atoms with Crippen molar-refractivity contribution in [3.63, 3.8) is 0 Å². The van der Waals surface area contributed by atoms with Gasteiger partial charge < -0.3 is 15.3 Å². The zero-order valence-corrected chi connectivity index (χ0v) is 15.0. The first-order valence-corrected chi connectivity index (χ1v) is 8.78. The van der Waals surface area contributed by atoms with Crippen molar-refractivity contribution in [2.75, 3.05) is 18.4 Å². The molecule has 1 saturated heterocycles. The molecule has 2 aromatic rings. The Morgan fingerprint density at radius 3 is 2.75 bits per heavy atom. The Morgan fingerprint density at radius 2 is 2.04 bits per heavy atom. The van der Waals surface area contributed by atoms with Gasteiger partial charge in [-0.1, -0.05) is 6.07 Å². The van der Waals surface area contributed by atoms with Gasteiger partial charge in [0.15, 0.2) is 0 Å². The number of anilines is 1. The highest BCUT2D eigenvalue weighted by Crippen LogP contribution is 2.58. The SMILES string of the molecule is CC(O)(C(=O)N1C[C@H]2C[C@@]2(C(=O)Nc2ccc3cnccc3c2)C1)C(F)(F)F. The number of likely N-dealkylation sites (tertiary alicyclic amines) is 1. The lowest BCUT2D eigenvalue weighted by Crippen LogP contribution is -2.56. The predicted octanol–water partition coefficient (Wildman–Crippen LogP) is 2.34. The molecule has 0 radical (unpaired) electrons. The molecular formula is C19H18F3N3O3. The second-order valence-corrected chi connectivity index (χ2v) is 7.70. The van der Waals surface area contributed by atoms with Crippen LogP contribution >= 0.6 is 0 Å². The Bertz CT molecular complexity index is 976. The minimum Gasteiger partial charge on any atom is -0.373 e. The lowest BCUT2D eigenvalue weighted by molar-refractivity contribution is -0.250. The quantitative estimate of drug-likeness (QED) is 0.839. The molecule has 0 bridgehead atoms. The topological polar surface area (TPSA) is 82.5 Å². The number of nitrogens with zero attached hydrogens (tertiary/aromatic N) is 2. The van der Waals surface area contributed by atoms with Crippen molar-refractivity contribution in [1.82, 2.24) is 9.88 Å². The van der Waals surface area contributed by atoms with E-state index in [4.69, 9.17) is 0 Å². The normalized spacial score (nSPS) is 25.9. The Kier molecular flexibility index (Phi) is 3.94. The van der Waals surface area contributed by atoms with Crippen molar-refractivity contribution in [3.8, 4) is 0 Å². The molecule has 2 amide bonds. The summed E-state index contributed by atoms with van der Waals surface area (Å²) in [6.45, 7) is 0.337. The van der Waals surface area contributed by atoms with Gasteiger partial charge in [0.05, 0.1) is 5.41 Å². The number of hydrogen-bond donors (Lipinski definition) is 2. The molecule has 1 unspecified atom stereocenters. The fourth-order valence-corrected chi connectivity index (χ4v) is 3.84. The van der Waals surface area contributed by atoms with Crippen LogP contribution in [0.3, 0.4) is 0 Å². The van der Waals surface area contributed by atoms with Gasteiger partial charge in [-0.2, -0.15) is 13.2 Å². The first-order chi connectivity index (χ1) is 13.0. The number of piperidine rings is 1. The number of aliphatic hydroxyl groups is 1. The standard InChI is InChI=1S/C19H18F3N3O3/c1-17(28,19(20,21)22)16(27)25-9-13-7-18(13,10-25)15(26)24-14-3-2-12-8-23-5-4-11(12)6-14/h2-6,8,13,28H,7,9-10H2,1H3,(H,24,26)/t13-,17?,18-/m1/s1. The van der Waals surface area contributed by atoms with Crippen molar-refractivity contribution in [3.05, 3.63) is 36.7 Å². The van der Waals surface area contributed by atoms with Gasteiger partial charge in [0, 0.05) is 36.6 Å². The van der Waals surface area contributed by atoms with E-state index in [9.17, 15) is 27.9 Å². The van der Waals surface area contributed by atoms with E-state index in [-0.39, 0.29) is 24.9 Å². The summed E-state index contributed by atoms with van der Waals surface area (Å²) in [5.41, 5.74) is -3.80. The Labute approximate surface area is 158 Å². The maximum absolute atomic E-state index is 12.9. The number of alkyl halides is 3. The van der Waals surface area contributed by atoms with E-state index < -0.39 is 23.1 Å². The van der Waals surface area contributed by atoms with Crippen LogP contribution in [0.15, 0.2) is 36.7 Å². The van der Waals surface area contributed by atoms with Crippen molar-refractivity contribution >= 4 is 28.3 Å². The highest BCUT2D eigenvalue weighted by Gasteiger charge is 2.68. The van der Waals surface area contributed by atoms with Gasteiger partial charge in [0.2, 0.25) is 11.5 Å². The Morgan fingerprint density at radius 1 is 1.29 bits per heavy atom. The van der Waals surface area contributed by atoms with Crippen LogP contribution in [0.4, 0.5) is 18.9 Å². The fourth-order valence-electron chi connectivity index (χ4n) is 3.84. The zero-order chi connectivity index (χ0) is 20.3. The monoisotopic (exact) mass is 393 g/mol. The second kappa shape index (κ2) is 5.91. The summed E-state index contributed by atoms with van der Waals surface area (Å²) in [7, 11) is 0. The van der Waals surface area contributed by atoms with Crippen LogP contribution in [-0.4, -0.2) is 51.7 Å². The number of halogens is 3. The molecule has 2 aliphatic rings. The summed E-state index contributed by atoms with van der Waals surface area (Å²) >= 11 is 0. The number of carbonyl (C=O) groups is 2. The molecule has 2 heterocycles. The molecular weight excluding hydrogens is 375 g/mol. The molecule has 9 heteroatoms. The van der Waals surface area contributed by atoms with Crippen LogP contribution in [0.2, 0.25) is 0 Å². The summed E-state index contributed by atoms with van der Waals surface area (Å²) in [5.74, 6) is -1.95. The van der Waals surface area contributed by atoms with E-state index in [1.54, 1.807) is 30.6 Å². The van der Waals surface area contributed by atoms with Crippen LogP contribution < -0.4 is 5.32 Å². The molecule has 2 N–H and O–H groups in total. The highest BCUT2D eigenvalue weighted by molar-refractivity contribution is 6.00. The number of hydrogen-bond acceptors (Lipinski definition) is 4. The largest absolute Gasteiger partial charge is 0.426 e. The molecule has 6 nitrogen and oxygen atoms in total. The summed E-state index contributed by atoms with van der Waals surface area (Å²) in [4.78, 5) is 29.9. The molecule has 3 atom stereocenters. The predicted molar refractivity (Wildman–Crippen MR) is 94.2 cm³/mol. The molecule has 1 saturated carbocycles. The number of carbonyl (C=O) groups excluding carboxylic acids is 2. The first kappa shape index (κ1) is 18.7. The van der Waals surface area contributed by atoms with Gasteiger partial charge in [-0.3, -0.25) is 14.6 Å². The van der Waals surface area contributed by atoms with Crippen LogP contribution in [0.25, 0.3) is 10.8 Å². The van der Waals surface area contributed by atoms with E-state index >= 15 is 0 Å².